The lowest BCUT2D eigenvalue weighted by molar-refractivity contribution is 0.0482. The molecular formula is C18H22N4O5. The predicted octanol–water partition coefficient (Wildman–Crippen LogP) is 2.78. The third-order valence-corrected chi connectivity index (χ3v) is 4.66. The van der Waals surface area contributed by atoms with Gasteiger partial charge in [-0.15, -0.1) is 0 Å². The molecule has 1 atom stereocenters. The van der Waals surface area contributed by atoms with Crippen molar-refractivity contribution in [1.29, 1.82) is 0 Å². The minimum Gasteiger partial charge on any atom is -0.494 e. The third-order valence-electron chi connectivity index (χ3n) is 4.66. The van der Waals surface area contributed by atoms with Crippen LogP contribution in [0.15, 0.2) is 24.3 Å². The van der Waals surface area contributed by atoms with E-state index in [1.807, 2.05) is 12.1 Å². The van der Waals surface area contributed by atoms with Crippen LogP contribution in [0.4, 0.5) is 10.7 Å². The summed E-state index contributed by atoms with van der Waals surface area (Å²) in [6.45, 7) is 3.28. The monoisotopic (exact) mass is 374 g/mol. The molecule has 144 valence electrons. The number of hydrogen-bond donors (Lipinski definition) is 3. The van der Waals surface area contributed by atoms with E-state index < -0.39 is 6.09 Å². The number of fused-ring (bicyclic) bond motifs is 1. The molecule has 1 amide bonds. The zero-order valence-corrected chi connectivity index (χ0v) is 15.2. The van der Waals surface area contributed by atoms with Crippen LogP contribution >= 0.6 is 0 Å². The van der Waals surface area contributed by atoms with E-state index in [4.69, 9.17) is 18.9 Å². The van der Waals surface area contributed by atoms with Crippen molar-refractivity contribution in [2.24, 2.45) is 0 Å². The van der Waals surface area contributed by atoms with Gasteiger partial charge in [-0.3, -0.25) is 5.32 Å². The fourth-order valence-corrected chi connectivity index (χ4v) is 3.35. The molecule has 27 heavy (non-hydrogen) atoms. The number of benzene rings is 1. The van der Waals surface area contributed by atoms with Crippen LogP contribution in [0.25, 0.3) is 11.0 Å². The highest BCUT2D eigenvalue weighted by molar-refractivity contribution is 5.90. The maximum atomic E-state index is 12.1. The molecular weight excluding hydrogens is 352 g/mol. The number of hydrogen-bond acceptors (Lipinski definition) is 7. The first-order valence-corrected chi connectivity index (χ1v) is 8.90. The van der Waals surface area contributed by atoms with E-state index in [9.17, 15) is 4.79 Å². The minimum atomic E-state index is -0.692. The van der Waals surface area contributed by atoms with Crippen LogP contribution in [0, 0.1) is 0 Å². The molecule has 0 aliphatic carbocycles. The molecule has 2 aliphatic rings. The molecule has 9 nitrogen and oxygen atoms in total. The number of carbonyl (C=O) groups is 1. The summed E-state index contributed by atoms with van der Waals surface area (Å²) in [5.74, 6) is 1.42. The molecule has 1 aromatic carbocycles. The standard InChI is InChI=1S/C18H22N4O5/c1-10-19-9-14(26-10)27-18(23)22-17-20-15-12(11-5-7-25-8-6-11)3-4-13(24-2)16(15)21-17/h3-4,9-11,19H,5-8H2,1-2H3,(H2,20,21,22,23). The summed E-state index contributed by atoms with van der Waals surface area (Å²) in [6, 6.07) is 3.95. The lowest BCUT2D eigenvalue weighted by Crippen LogP contribution is -2.17. The Morgan fingerprint density at radius 3 is 2.85 bits per heavy atom. The molecule has 1 unspecified atom stereocenters. The van der Waals surface area contributed by atoms with Gasteiger partial charge in [-0.1, -0.05) is 6.07 Å². The largest absolute Gasteiger partial charge is 0.494 e. The van der Waals surface area contributed by atoms with Crippen molar-refractivity contribution in [2.75, 3.05) is 25.6 Å². The smallest absolute Gasteiger partial charge is 0.421 e. The lowest BCUT2D eigenvalue weighted by Gasteiger charge is -2.22. The molecule has 3 heterocycles. The van der Waals surface area contributed by atoms with Crippen molar-refractivity contribution in [3.63, 3.8) is 0 Å². The average molecular weight is 374 g/mol. The average Bonchev–Trinajstić information content (AvgIpc) is 3.27. The van der Waals surface area contributed by atoms with Gasteiger partial charge in [-0.2, -0.15) is 0 Å². The van der Waals surface area contributed by atoms with E-state index in [0.717, 1.165) is 42.7 Å². The summed E-state index contributed by atoms with van der Waals surface area (Å²) >= 11 is 0. The first-order valence-electron chi connectivity index (χ1n) is 8.90. The summed E-state index contributed by atoms with van der Waals surface area (Å²) in [5.41, 5.74) is 2.64. The van der Waals surface area contributed by atoms with Gasteiger partial charge >= 0.3 is 12.0 Å². The van der Waals surface area contributed by atoms with E-state index in [-0.39, 0.29) is 18.1 Å². The molecule has 0 spiro atoms. The summed E-state index contributed by atoms with van der Waals surface area (Å²) in [4.78, 5) is 19.8. The van der Waals surface area contributed by atoms with Crippen LogP contribution in [0.1, 0.15) is 31.2 Å². The molecule has 1 aromatic heterocycles. The van der Waals surface area contributed by atoms with Crippen LogP contribution in [0.3, 0.4) is 0 Å². The molecule has 4 rings (SSSR count). The SMILES string of the molecule is COc1ccc(C2CCOCC2)c2nc(NC(=O)OC3=CNC(C)O3)[nH]c12. The number of methoxy groups -OCH3 is 1. The molecule has 3 N–H and O–H groups in total. The lowest BCUT2D eigenvalue weighted by atomic mass is 9.90. The van der Waals surface area contributed by atoms with Gasteiger partial charge in [0.1, 0.15) is 11.3 Å². The number of amides is 1. The summed E-state index contributed by atoms with van der Waals surface area (Å²) in [5, 5.41) is 5.48. The molecule has 1 fully saturated rings. The number of anilines is 1. The maximum absolute atomic E-state index is 12.1. The van der Waals surface area contributed by atoms with E-state index in [2.05, 4.69) is 20.6 Å². The van der Waals surface area contributed by atoms with Crippen LogP contribution < -0.4 is 15.4 Å². The quantitative estimate of drug-likeness (QED) is 0.755. The molecule has 2 aromatic rings. The molecule has 2 aliphatic heterocycles. The van der Waals surface area contributed by atoms with Crippen molar-refractivity contribution < 1.29 is 23.7 Å². The van der Waals surface area contributed by atoms with Gasteiger partial charge in [0.15, 0.2) is 6.23 Å². The number of ether oxygens (including phenoxy) is 4. The Morgan fingerprint density at radius 1 is 1.33 bits per heavy atom. The van der Waals surface area contributed by atoms with Crippen LogP contribution in [-0.4, -0.2) is 42.6 Å². The first kappa shape index (κ1) is 17.5. The normalized spacial score (nSPS) is 19.9. The highest BCUT2D eigenvalue weighted by Gasteiger charge is 2.23. The Hall–Kier alpha value is -2.94. The second-order valence-corrected chi connectivity index (χ2v) is 6.46. The molecule has 1 saturated heterocycles. The van der Waals surface area contributed by atoms with Gasteiger partial charge in [0.2, 0.25) is 5.95 Å². The summed E-state index contributed by atoms with van der Waals surface area (Å²) < 4.78 is 21.3. The molecule has 0 saturated carbocycles. The van der Waals surface area contributed by atoms with E-state index in [1.54, 1.807) is 14.0 Å². The Bertz CT molecular complexity index is 872. The maximum Gasteiger partial charge on any atom is 0.421 e. The summed E-state index contributed by atoms with van der Waals surface area (Å²) in [7, 11) is 1.60. The Kier molecular flexibility index (Phi) is 4.76. The van der Waals surface area contributed by atoms with E-state index >= 15 is 0 Å². The fraction of sp³-hybridized carbons (Fsp3) is 0.444. The van der Waals surface area contributed by atoms with E-state index in [0.29, 0.717) is 11.7 Å². The van der Waals surface area contributed by atoms with Crippen molar-refractivity contribution in [1.82, 2.24) is 15.3 Å². The van der Waals surface area contributed by atoms with E-state index in [1.165, 1.54) is 6.20 Å². The second kappa shape index (κ2) is 7.36. The Morgan fingerprint density at radius 2 is 2.15 bits per heavy atom. The molecule has 9 heteroatoms. The predicted molar refractivity (Wildman–Crippen MR) is 97.3 cm³/mol. The number of aromatic nitrogens is 2. The van der Waals surface area contributed by atoms with Gasteiger partial charge in [-0.25, -0.2) is 9.78 Å². The van der Waals surface area contributed by atoms with Crippen LogP contribution in [0.2, 0.25) is 0 Å². The van der Waals surface area contributed by atoms with Crippen LogP contribution in [-0.2, 0) is 14.2 Å². The third kappa shape index (κ3) is 3.63. The summed E-state index contributed by atoms with van der Waals surface area (Å²) in [6.07, 6.45) is 2.45. The highest BCUT2D eigenvalue weighted by atomic mass is 16.7. The highest BCUT2D eigenvalue weighted by Crippen LogP contribution is 2.36. The van der Waals surface area contributed by atoms with Crippen molar-refractivity contribution >= 4 is 23.1 Å². The van der Waals surface area contributed by atoms with Crippen molar-refractivity contribution in [3.05, 3.63) is 29.8 Å². The molecule has 0 bridgehead atoms. The zero-order chi connectivity index (χ0) is 18.8. The van der Waals surface area contributed by atoms with Gasteiger partial charge in [0.05, 0.1) is 18.8 Å². The molecule has 0 radical (unpaired) electrons. The van der Waals surface area contributed by atoms with Gasteiger partial charge in [0.25, 0.3) is 0 Å². The number of nitrogens with zero attached hydrogens (tertiary/aromatic N) is 1. The number of nitrogens with one attached hydrogen (secondary N) is 3. The van der Waals surface area contributed by atoms with Gasteiger partial charge in [-0.05, 0) is 37.3 Å². The number of imidazole rings is 1. The zero-order valence-electron chi connectivity index (χ0n) is 15.2. The number of carbonyl (C=O) groups excluding carboxylic acids is 1. The van der Waals surface area contributed by atoms with Crippen molar-refractivity contribution in [3.8, 4) is 5.75 Å². The van der Waals surface area contributed by atoms with Gasteiger partial charge in [0, 0.05) is 13.2 Å². The van der Waals surface area contributed by atoms with Crippen molar-refractivity contribution in [2.45, 2.75) is 31.9 Å². The fourth-order valence-electron chi connectivity index (χ4n) is 3.35. The Balaban J connectivity index is 1.57. The number of H-pyrrole nitrogens is 1. The second-order valence-electron chi connectivity index (χ2n) is 6.46. The Labute approximate surface area is 156 Å². The minimum absolute atomic E-state index is 0.108. The number of aromatic amines is 1. The van der Waals surface area contributed by atoms with Gasteiger partial charge < -0.3 is 29.2 Å². The van der Waals surface area contributed by atoms with Crippen LogP contribution in [0.5, 0.6) is 5.75 Å². The topological polar surface area (TPSA) is 107 Å². The first-order chi connectivity index (χ1) is 13.1. The number of rotatable bonds is 4.